The van der Waals surface area contributed by atoms with Crippen molar-refractivity contribution >= 4 is 17.1 Å². The van der Waals surface area contributed by atoms with Gasteiger partial charge in [-0.2, -0.15) is 5.26 Å². The highest BCUT2D eigenvalue weighted by Crippen LogP contribution is 2.50. The Labute approximate surface area is 198 Å². The number of para-hydroxylation sites is 4. The molecule has 1 aliphatic heterocycles. The second-order valence-corrected chi connectivity index (χ2v) is 8.00. The smallest absolute Gasteiger partial charge is 0.151 e. The van der Waals surface area contributed by atoms with Gasteiger partial charge in [-0.15, -0.1) is 0 Å². The van der Waals surface area contributed by atoms with Crippen LogP contribution in [-0.2, 0) is 0 Å². The van der Waals surface area contributed by atoms with E-state index in [0.717, 1.165) is 50.8 Å². The van der Waals surface area contributed by atoms with Crippen LogP contribution in [0.2, 0.25) is 0 Å². The van der Waals surface area contributed by atoms with Crippen molar-refractivity contribution < 1.29 is 4.74 Å². The Morgan fingerprint density at radius 3 is 2.09 bits per heavy atom. The molecule has 0 unspecified atom stereocenters. The van der Waals surface area contributed by atoms with Gasteiger partial charge in [-0.1, -0.05) is 60.7 Å². The Hall–Kier alpha value is -4.88. The normalized spacial score (nSPS) is 11.7. The molecule has 1 aliphatic rings. The van der Waals surface area contributed by atoms with Gasteiger partial charge in [-0.05, 0) is 59.2 Å². The van der Waals surface area contributed by atoms with Gasteiger partial charge in [0.15, 0.2) is 11.5 Å². The van der Waals surface area contributed by atoms with Crippen molar-refractivity contribution in [2.75, 3.05) is 4.90 Å². The highest BCUT2D eigenvalue weighted by Gasteiger charge is 2.25. The van der Waals surface area contributed by atoms with Crippen molar-refractivity contribution in [3.63, 3.8) is 0 Å². The van der Waals surface area contributed by atoms with Crippen LogP contribution < -0.4 is 9.64 Å². The van der Waals surface area contributed by atoms with E-state index in [-0.39, 0.29) is 0 Å². The molecule has 160 valence electrons. The summed E-state index contributed by atoms with van der Waals surface area (Å²) in [6.45, 7) is 0. The molecule has 5 aromatic rings. The molecule has 0 N–H and O–H groups in total. The number of nitrogens with zero attached hydrogens (tertiary/aromatic N) is 3. The number of anilines is 3. The average molecular weight is 438 g/mol. The number of fused-ring (bicyclic) bond motifs is 2. The summed E-state index contributed by atoms with van der Waals surface area (Å²) in [4.78, 5) is 6.35. The van der Waals surface area contributed by atoms with Gasteiger partial charge >= 0.3 is 0 Å². The van der Waals surface area contributed by atoms with Gasteiger partial charge in [0.05, 0.1) is 16.9 Å². The number of ether oxygens (including phenoxy) is 1. The van der Waals surface area contributed by atoms with Crippen LogP contribution in [0.3, 0.4) is 0 Å². The van der Waals surface area contributed by atoms with Crippen molar-refractivity contribution in [1.82, 2.24) is 4.98 Å². The van der Waals surface area contributed by atoms with Gasteiger partial charge in [0.2, 0.25) is 0 Å². The largest absolute Gasteiger partial charge is 0.453 e. The van der Waals surface area contributed by atoms with E-state index >= 15 is 0 Å². The SMILES string of the molecule is N#Cc1cnccc1-c1ccccc1-c1cccc(N2c3ccccc3Oc3ccccc32)c1. The third kappa shape index (κ3) is 3.28. The van der Waals surface area contributed by atoms with Gasteiger partial charge in [0.25, 0.3) is 0 Å². The summed E-state index contributed by atoms with van der Waals surface area (Å²) in [6, 6.07) is 37.0. The van der Waals surface area contributed by atoms with Gasteiger partial charge in [-0.3, -0.25) is 4.98 Å². The van der Waals surface area contributed by atoms with Crippen LogP contribution in [0.25, 0.3) is 22.3 Å². The van der Waals surface area contributed by atoms with Crippen molar-refractivity contribution in [2.24, 2.45) is 0 Å². The summed E-state index contributed by atoms with van der Waals surface area (Å²) in [7, 11) is 0. The molecule has 0 saturated heterocycles. The lowest BCUT2D eigenvalue weighted by molar-refractivity contribution is 0.477. The fourth-order valence-electron chi connectivity index (χ4n) is 4.48. The van der Waals surface area contributed by atoms with E-state index in [0.29, 0.717) is 5.56 Å². The molecule has 2 heterocycles. The Morgan fingerprint density at radius 1 is 0.676 bits per heavy atom. The topological polar surface area (TPSA) is 49.2 Å². The molecular formula is C30H19N3O. The van der Waals surface area contributed by atoms with Crippen LogP contribution in [0, 0.1) is 11.3 Å². The minimum absolute atomic E-state index is 0.558. The van der Waals surface area contributed by atoms with Crippen molar-refractivity contribution in [3.8, 4) is 39.8 Å². The molecule has 0 radical (unpaired) electrons. The van der Waals surface area contributed by atoms with Crippen LogP contribution in [0.1, 0.15) is 5.56 Å². The summed E-state index contributed by atoms with van der Waals surface area (Å²) in [6.07, 6.45) is 3.34. The van der Waals surface area contributed by atoms with Gasteiger partial charge in [0.1, 0.15) is 6.07 Å². The first-order valence-corrected chi connectivity index (χ1v) is 11.0. The summed E-state index contributed by atoms with van der Waals surface area (Å²) in [5.74, 6) is 1.64. The molecule has 1 aromatic heterocycles. The van der Waals surface area contributed by atoms with Crippen LogP contribution in [0.5, 0.6) is 11.5 Å². The molecule has 6 rings (SSSR count). The second-order valence-electron chi connectivity index (χ2n) is 8.00. The number of hydrogen-bond donors (Lipinski definition) is 0. The molecule has 4 heteroatoms. The molecular weight excluding hydrogens is 418 g/mol. The first-order chi connectivity index (χ1) is 16.8. The molecule has 0 spiro atoms. The lowest BCUT2D eigenvalue weighted by Gasteiger charge is -2.33. The Kier molecular flexibility index (Phi) is 4.79. The number of aromatic nitrogens is 1. The van der Waals surface area contributed by atoms with E-state index in [9.17, 15) is 5.26 Å². The predicted octanol–water partition coefficient (Wildman–Crippen LogP) is 7.86. The second kappa shape index (κ2) is 8.23. The van der Waals surface area contributed by atoms with Crippen LogP contribution in [0.4, 0.5) is 17.1 Å². The number of benzene rings is 4. The number of nitriles is 1. The fourth-order valence-corrected chi connectivity index (χ4v) is 4.48. The third-order valence-corrected chi connectivity index (χ3v) is 6.01. The first-order valence-electron chi connectivity index (χ1n) is 11.0. The van der Waals surface area contributed by atoms with Crippen molar-refractivity contribution in [3.05, 3.63) is 121 Å². The summed E-state index contributed by atoms with van der Waals surface area (Å²) >= 11 is 0. The lowest BCUT2D eigenvalue weighted by atomic mass is 9.92. The lowest BCUT2D eigenvalue weighted by Crippen LogP contribution is -2.15. The predicted molar refractivity (Wildman–Crippen MR) is 135 cm³/mol. The van der Waals surface area contributed by atoms with Gasteiger partial charge in [0, 0.05) is 23.6 Å². The molecule has 4 aromatic carbocycles. The standard InChI is InChI=1S/C30H19N3O/c31-19-22-20-32-17-16-25(22)26-11-2-1-10-24(26)21-8-7-9-23(18-21)33-27-12-3-5-14-29(27)34-30-15-6-4-13-28(30)33/h1-18,20H. The molecule has 0 bridgehead atoms. The van der Waals surface area contributed by atoms with Crippen molar-refractivity contribution in [1.29, 1.82) is 5.26 Å². The minimum Gasteiger partial charge on any atom is -0.453 e. The molecule has 0 aliphatic carbocycles. The van der Waals surface area contributed by atoms with E-state index in [1.54, 1.807) is 12.4 Å². The molecule has 0 atom stereocenters. The Morgan fingerprint density at radius 2 is 1.35 bits per heavy atom. The number of pyridine rings is 1. The number of rotatable bonds is 3. The maximum absolute atomic E-state index is 9.63. The summed E-state index contributed by atoms with van der Waals surface area (Å²) in [5, 5.41) is 9.63. The monoisotopic (exact) mass is 437 g/mol. The minimum atomic E-state index is 0.558. The third-order valence-electron chi connectivity index (χ3n) is 6.01. The van der Waals surface area contributed by atoms with E-state index in [1.165, 1.54) is 0 Å². The van der Waals surface area contributed by atoms with Crippen LogP contribution >= 0.6 is 0 Å². The maximum Gasteiger partial charge on any atom is 0.151 e. The van der Waals surface area contributed by atoms with Crippen molar-refractivity contribution in [2.45, 2.75) is 0 Å². The molecule has 4 nitrogen and oxygen atoms in total. The fraction of sp³-hybridized carbons (Fsp3) is 0. The maximum atomic E-state index is 9.63. The zero-order valence-corrected chi connectivity index (χ0v) is 18.2. The zero-order valence-electron chi connectivity index (χ0n) is 18.2. The molecule has 0 fully saturated rings. The van der Waals surface area contributed by atoms with Gasteiger partial charge in [-0.25, -0.2) is 0 Å². The molecule has 0 amide bonds. The van der Waals surface area contributed by atoms with E-state index in [2.05, 4.69) is 64.5 Å². The van der Waals surface area contributed by atoms with Crippen LogP contribution in [-0.4, -0.2) is 4.98 Å². The van der Waals surface area contributed by atoms with E-state index in [1.807, 2.05) is 54.6 Å². The zero-order chi connectivity index (χ0) is 22.9. The highest BCUT2D eigenvalue weighted by molar-refractivity contribution is 5.90. The Bertz CT molecular complexity index is 1520. The van der Waals surface area contributed by atoms with E-state index < -0.39 is 0 Å². The molecule has 34 heavy (non-hydrogen) atoms. The average Bonchev–Trinajstić information content (AvgIpc) is 2.91. The highest BCUT2D eigenvalue weighted by atomic mass is 16.5. The first kappa shape index (κ1) is 19.8. The van der Waals surface area contributed by atoms with E-state index in [4.69, 9.17) is 4.74 Å². The summed E-state index contributed by atoms with van der Waals surface area (Å²) in [5.41, 5.74) is 7.58. The van der Waals surface area contributed by atoms with Crippen LogP contribution in [0.15, 0.2) is 116 Å². The number of hydrogen-bond acceptors (Lipinski definition) is 4. The molecule has 0 saturated carbocycles. The Balaban J connectivity index is 1.52. The van der Waals surface area contributed by atoms with Gasteiger partial charge < -0.3 is 9.64 Å². The summed E-state index contributed by atoms with van der Waals surface area (Å²) < 4.78 is 6.17. The quantitative estimate of drug-likeness (QED) is 0.283.